The lowest BCUT2D eigenvalue weighted by atomic mass is 10.1. The molecule has 0 unspecified atom stereocenters. The average molecular weight is 320 g/mol. The second kappa shape index (κ2) is 6.56. The second-order valence-electron chi connectivity index (χ2n) is 4.79. The van der Waals surface area contributed by atoms with Crippen LogP contribution in [0.4, 0.5) is 0 Å². The van der Waals surface area contributed by atoms with E-state index in [1.54, 1.807) is 6.92 Å². The van der Waals surface area contributed by atoms with Gasteiger partial charge in [-0.3, -0.25) is 0 Å². The van der Waals surface area contributed by atoms with Crippen LogP contribution in [0.15, 0.2) is 23.1 Å². The molecule has 0 aliphatic rings. The van der Waals surface area contributed by atoms with Gasteiger partial charge in [-0.2, -0.15) is 0 Å². The van der Waals surface area contributed by atoms with E-state index < -0.39 is 16.0 Å². The quantitative estimate of drug-likeness (QED) is 0.846. The fourth-order valence-electron chi connectivity index (χ4n) is 1.39. The van der Waals surface area contributed by atoms with Crippen LogP contribution in [0, 0.1) is 5.92 Å². The third-order valence-corrected chi connectivity index (χ3v) is 4.88. The van der Waals surface area contributed by atoms with E-state index in [0.717, 1.165) is 0 Å². The van der Waals surface area contributed by atoms with Crippen LogP contribution in [-0.2, 0) is 14.8 Å². The molecule has 0 aliphatic heterocycles. The topological polar surface area (TPSA) is 72.5 Å². The molecule has 0 heterocycles. The van der Waals surface area contributed by atoms with Gasteiger partial charge in [0.15, 0.2) is 0 Å². The molecule has 0 spiro atoms. The van der Waals surface area contributed by atoms with Crippen molar-refractivity contribution in [3.8, 4) is 0 Å². The number of carbonyl (C=O) groups is 1. The van der Waals surface area contributed by atoms with Gasteiger partial charge in [-0.1, -0.05) is 25.4 Å². The largest absolute Gasteiger partial charge is 0.465 e. The number of hydrogen-bond donors (Lipinski definition) is 1. The van der Waals surface area contributed by atoms with Crippen molar-refractivity contribution < 1.29 is 17.9 Å². The van der Waals surface area contributed by atoms with Gasteiger partial charge in [-0.25, -0.2) is 17.9 Å². The monoisotopic (exact) mass is 319 g/mol. The van der Waals surface area contributed by atoms with Crippen LogP contribution < -0.4 is 4.72 Å². The first kappa shape index (κ1) is 16.9. The Hall–Kier alpha value is -1.11. The summed E-state index contributed by atoms with van der Waals surface area (Å²) < 4.78 is 31.5. The van der Waals surface area contributed by atoms with Crippen LogP contribution in [-0.4, -0.2) is 27.5 Å². The van der Waals surface area contributed by atoms with Gasteiger partial charge in [0.1, 0.15) is 0 Å². The first-order valence-corrected chi connectivity index (χ1v) is 7.95. The Balaban J connectivity index is 3.17. The van der Waals surface area contributed by atoms with Crippen LogP contribution in [0.5, 0.6) is 0 Å². The van der Waals surface area contributed by atoms with E-state index in [2.05, 4.69) is 9.46 Å². The molecule has 0 radical (unpaired) electrons. The van der Waals surface area contributed by atoms with Crippen molar-refractivity contribution in [3.05, 3.63) is 28.8 Å². The Morgan fingerprint density at radius 2 is 1.90 bits per heavy atom. The van der Waals surface area contributed by atoms with Gasteiger partial charge in [0, 0.05) is 6.04 Å². The smallest absolute Gasteiger partial charge is 0.339 e. The molecule has 0 bridgehead atoms. The normalized spacial score (nSPS) is 13.3. The Bertz CT molecular complexity index is 598. The molecule has 1 atom stereocenters. The van der Waals surface area contributed by atoms with E-state index in [4.69, 9.17) is 11.6 Å². The molecule has 1 aromatic rings. The van der Waals surface area contributed by atoms with E-state index in [-0.39, 0.29) is 27.4 Å². The van der Waals surface area contributed by atoms with Gasteiger partial charge in [0.25, 0.3) is 0 Å². The molecule has 0 amide bonds. The molecule has 0 aromatic heterocycles. The lowest BCUT2D eigenvalue weighted by Gasteiger charge is -2.17. The van der Waals surface area contributed by atoms with Crippen molar-refractivity contribution in [3.63, 3.8) is 0 Å². The highest BCUT2D eigenvalue weighted by atomic mass is 35.5. The van der Waals surface area contributed by atoms with E-state index in [9.17, 15) is 13.2 Å². The van der Waals surface area contributed by atoms with Gasteiger partial charge in [-0.05, 0) is 31.0 Å². The summed E-state index contributed by atoms with van der Waals surface area (Å²) >= 11 is 5.86. The minimum Gasteiger partial charge on any atom is -0.465 e. The number of sulfonamides is 1. The number of methoxy groups -OCH3 is 1. The van der Waals surface area contributed by atoms with Crippen LogP contribution in [0.3, 0.4) is 0 Å². The van der Waals surface area contributed by atoms with Crippen molar-refractivity contribution >= 4 is 27.6 Å². The zero-order valence-electron chi connectivity index (χ0n) is 11.8. The summed E-state index contributed by atoms with van der Waals surface area (Å²) in [6.07, 6.45) is 0. The number of carbonyl (C=O) groups excluding carboxylic acids is 1. The fraction of sp³-hybridized carbons (Fsp3) is 0.462. The minimum atomic E-state index is -3.70. The Morgan fingerprint density at radius 1 is 1.30 bits per heavy atom. The van der Waals surface area contributed by atoms with Crippen LogP contribution >= 0.6 is 11.6 Å². The van der Waals surface area contributed by atoms with E-state index >= 15 is 0 Å². The van der Waals surface area contributed by atoms with Gasteiger partial charge in [0.2, 0.25) is 10.0 Å². The molecule has 0 aliphatic carbocycles. The maximum Gasteiger partial charge on any atom is 0.339 e. The molecule has 1 N–H and O–H groups in total. The number of halogens is 1. The summed E-state index contributed by atoms with van der Waals surface area (Å²) in [7, 11) is -2.49. The van der Waals surface area contributed by atoms with Crippen molar-refractivity contribution in [1.82, 2.24) is 4.72 Å². The summed E-state index contributed by atoms with van der Waals surface area (Å²) in [6.45, 7) is 5.60. The molecule has 7 heteroatoms. The Kier molecular flexibility index (Phi) is 5.56. The van der Waals surface area contributed by atoms with E-state index in [0.29, 0.717) is 0 Å². The predicted molar refractivity (Wildman–Crippen MR) is 77.4 cm³/mol. The van der Waals surface area contributed by atoms with Gasteiger partial charge in [-0.15, -0.1) is 0 Å². The molecule has 5 nitrogen and oxygen atoms in total. The van der Waals surface area contributed by atoms with Gasteiger partial charge in [0.05, 0.1) is 22.6 Å². The van der Waals surface area contributed by atoms with Crippen LogP contribution in [0.2, 0.25) is 5.02 Å². The fourth-order valence-corrected chi connectivity index (χ4v) is 3.00. The van der Waals surface area contributed by atoms with Crippen molar-refractivity contribution in [1.29, 1.82) is 0 Å². The number of benzene rings is 1. The van der Waals surface area contributed by atoms with Crippen LogP contribution in [0.1, 0.15) is 31.1 Å². The Morgan fingerprint density at radius 3 is 2.40 bits per heavy atom. The first-order chi connectivity index (χ1) is 9.19. The zero-order chi connectivity index (χ0) is 15.5. The Labute approximate surface area is 124 Å². The summed E-state index contributed by atoms with van der Waals surface area (Å²) in [5, 5.41) is 0.146. The maximum atomic E-state index is 12.2. The highest BCUT2D eigenvalue weighted by Gasteiger charge is 2.22. The summed E-state index contributed by atoms with van der Waals surface area (Å²) in [5.41, 5.74) is 0.0224. The number of ether oxygens (including phenoxy) is 1. The number of esters is 1. The van der Waals surface area contributed by atoms with E-state index in [1.165, 1.54) is 25.3 Å². The SMILES string of the molecule is COC(=O)c1cc(S(=O)(=O)N[C@@H](C)C(C)C)ccc1Cl. The minimum absolute atomic E-state index is 0.0187. The molecule has 20 heavy (non-hydrogen) atoms. The average Bonchev–Trinajstić information content (AvgIpc) is 2.37. The molecule has 0 fully saturated rings. The van der Waals surface area contributed by atoms with Crippen molar-refractivity contribution in [2.75, 3.05) is 7.11 Å². The molecule has 0 saturated heterocycles. The number of hydrogen-bond acceptors (Lipinski definition) is 4. The molecule has 1 aromatic carbocycles. The van der Waals surface area contributed by atoms with Gasteiger partial charge < -0.3 is 4.74 Å². The first-order valence-electron chi connectivity index (χ1n) is 6.09. The molecular weight excluding hydrogens is 302 g/mol. The third kappa shape index (κ3) is 3.94. The number of rotatable bonds is 5. The third-order valence-electron chi connectivity index (χ3n) is 2.99. The maximum absolute atomic E-state index is 12.2. The standard InChI is InChI=1S/C13H18ClNO4S/c1-8(2)9(3)15-20(17,18)10-5-6-12(14)11(7-10)13(16)19-4/h5-9,15H,1-4H3/t9-/m0/s1. The molecular formula is C13H18ClNO4S. The summed E-state index contributed by atoms with van der Waals surface area (Å²) in [6, 6.07) is 3.70. The highest BCUT2D eigenvalue weighted by molar-refractivity contribution is 7.89. The second-order valence-corrected chi connectivity index (χ2v) is 6.91. The number of nitrogens with one attached hydrogen (secondary N) is 1. The predicted octanol–water partition coefficient (Wildman–Crippen LogP) is 2.45. The summed E-state index contributed by atoms with van der Waals surface area (Å²) in [5.74, 6) is -0.527. The lowest BCUT2D eigenvalue weighted by Crippen LogP contribution is -2.36. The van der Waals surface area contributed by atoms with Crippen molar-refractivity contribution in [2.45, 2.75) is 31.7 Å². The van der Waals surface area contributed by atoms with Crippen molar-refractivity contribution in [2.24, 2.45) is 5.92 Å². The summed E-state index contributed by atoms with van der Waals surface area (Å²) in [4.78, 5) is 11.5. The molecule has 0 saturated carbocycles. The molecule has 112 valence electrons. The van der Waals surface area contributed by atoms with Gasteiger partial charge >= 0.3 is 5.97 Å². The highest BCUT2D eigenvalue weighted by Crippen LogP contribution is 2.21. The molecule has 1 rings (SSSR count). The lowest BCUT2D eigenvalue weighted by molar-refractivity contribution is 0.0600. The van der Waals surface area contributed by atoms with E-state index in [1.807, 2.05) is 13.8 Å². The zero-order valence-corrected chi connectivity index (χ0v) is 13.4. The van der Waals surface area contributed by atoms with Crippen LogP contribution in [0.25, 0.3) is 0 Å².